The average molecular weight is 537 g/mol. The first-order valence-corrected chi connectivity index (χ1v) is 16.4. The van der Waals surface area contributed by atoms with Crippen LogP contribution in [0.5, 0.6) is 0 Å². The van der Waals surface area contributed by atoms with Crippen LogP contribution in [0.4, 0.5) is 0 Å². The summed E-state index contributed by atoms with van der Waals surface area (Å²) in [7, 11) is -2.69. The largest absolute Gasteiger partial charge is 0.465 e. The molecule has 3 nitrogen and oxygen atoms in total. The van der Waals surface area contributed by atoms with Crippen LogP contribution in [0.15, 0.2) is 91.0 Å². The number of rotatable bonds is 9. The van der Waals surface area contributed by atoms with Crippen molar-refractivity contribution in [2.24, 2.45) is 0 Å². The summed E-state index contributed by atoms with van der Waals surface area (Å²) >= 11 is 3.87. The lowest BCUT2D eigenvalue weighted by Crippen LogP contribution is -2.68. The molecule has 1 heterocycles. The summed E-state index contributed by atoms with van der Waals surface area (Å²) in [6, 6.07) is 32.1. The molecular weight excluding hydrogens is 501 g/mol. The van der Waals surface area contributed by atoms with E-state index >= 15 is 0 Å². The fraction of sp³-hybridized carbons (Fsp3) is 0.367. The molecule has 0 amide bonds. The van der Waals surface area contributed by atoms with E-state index in [9.17, 15) is 4.79 Å². The second-order valence-electron chi connectivity index (χ2n) is 10.3. The predicted octanol–water partition coefficient (Wildman–Crippen LogP) is 6.26. The van der Waals surface area contributed by atoms with Gasteiger partial charge in [0.25, 0.3) is 8.32 Å². The molecule has 1 aliphatic rings. The van der Waals surface area contributed by atoms with E-state index in [4.69, 9.17) is 9.16 Å². The Labute approximate surface area is 225 Å². The number of thioether (sulfide) groups is 2. The molecule has 0 radical (unpaired) electrons. The number of hydrogen-bond acceptors (Lipinski definition) is 5. The number of ether oxygens (including phenoxy) is 1. The topological polar surface area (TPSA) is 35.5 Å². The molecule has 0 N–H and O–H groups in total. The Morgan fingerprint density at radius 3 is 1.94 bits per heavy atom. The number of benzene rings is 3. The molecule has 4 rings (SSSR count). The molecule has 3 aromatic rings. The molecule has 1 fully saturated rings. The lowest BCUT2D eigenvalue weighted by molar-refractivity contribution is -0.141. The lowest BCUT2D eigenvalue weighted by Gasteiger charge is -2.45. The maximum Gasteiger partial charge on any atom is 0.302 e. The lowest BCUT2D eigenvalue weighted by atomic mass is 10.2. The number of esters is 1. The van der Waals surface area contributed by atoms with Crippen molar-refractivity contribution in [1.82, 2.24) is 0 Å². The summed E-state index contributed by atoms with van der Waals surface area (Å²) in [4.78, 5) is 11.7. The van der Waals surface area contributed by atoms with Crippen LogP contribution in [0.2, 0.25) is 5.04 Å². The molecule has 1 aliphatic heterocycles. The molecule has 3 aromatic carbocycles. The minimum Gasteiger partial charge on any atom is -0.465 e. The van der Waals surface area contributed by atoms with Crippen LogP contribution in [0.1, 0.15) is 39.7 Å². The third kappa shape index (κ3) is 6.28. The highest BCUT2D eigenvalue weighted by molar-refractivity contribution is 8.17. The van der Waals surface area contributed by atoms with Crippen LogP contribution < -0.4 is 10.4 Å². The zero-order chi connectivity index (χ0) is 25.6. The number of hydrogen-bond donors (Lipinski definition) is 0. The minimum atomic E-state index is -2.69. The third-order valence-electron chi connectivity index (χ3n) is 6.64. The third-order valence-corrected chi connectivity index (χ3v) is 14.8. The van der Waals surface area contributed by atoms with Gasteiger partial charge in [0.05, 0.1) is 15.9 Å². The van der Waals surface area contributed by atoms with Crippen molar-refractivity contribution >= 4 is 48.2 Å². The van der Waals surface area contributed by atoms with Crippen molar-refractivity contribution in [1.29, 1.82) is 0 Å². The van der Waals surface area contributed by atoms with Crippen LogP contribution >= 0.6 is 23.5 Å². The number of carbonyl (C=O) groups is 1. The van der Waals surface area contributed by atoms with Gasteiger partial charge in [-0.3, -0.25) is 4.79 Å². The maximum absolute atomic E-state index is 11.7. The highest BCUT2D eigenvalue weighted by Crippen LogP contribution is 2.46. The van der Waals surface area contributed by atoms with Crippen LogP contribution in [-0.2, 0) is 19.7 Å². The van der Waals surface area contributed by atoms with Gasteiger partial charge >= 0.3 is 5.97 Å². The highest BCUT2D eigenvalue weighted by atomic mass is 32.2. The first kappa shape index (κ1) is 27.1. The standard InChI is InChI=1S/C30H36O3S2Si/c1-23(31)32-21-28-27(20-29(35-28)34-22-24-14-8-5-9-15-24)33-36(30(2,3)4,25-16-10-6-11-17-25)26-18-12-7-13-19-26/h5-19,27-29H,20-22H2,1-4H3/t27-,28+,29?/m0/s1. The molecule has 36 heavy (non-hydrogen) atoms. The quantitative estimate of drug-likeness (QED) is 0.238. The Bertz CT molecular complexity index is 1060. The normalized spacial score (nSPS) is 20.3. The minimum absolute atomic E-state index is 0.00562. The van der Waals surface area contributed by atoms with Gasteiger partial charge in [0.1, 0.15) is 6.61 Å². The Balaban J connectivity index is 1.67. The van der Waals surface area contributed by atoms with Crippen molar-refractivity contribution in [2.75, 3.05) is 6.61 Å². The summed E-state index contributed by atoms with van der Waals surface area (Å²) in [5, 5.41) is 2.56. The SMILES string of the molecule is CC(=O)OC[C@H]1SC(SCc2ccccc2)C[C@@H]1O[Si](c1ccccc1)(c1ccccc1)C(C)(C)C. The molecule has 6 heteroatoms. The zero-order valence-electron chi connectivity index (χ0n) is 21.6. The Morgan fingerprint density at radius 2 is 1.44 bits per heavy atom. The van der Waals surface area contributed by atoms with Crippen molar-refractivity contribution in [3.8, 4) is 0 Å². The Hall–Kier alpha value is -1.99. The van der Waals surface area contributed by atoms with Crippen LogP contribution in [-0.4, -0.2) is 36.8 Å². The van der Waals surface area contributed by atoms with E-state index in [2.05, 4.69) is 112 Å². The summed E-state index contributed by atoms with van der Waals surface area (Å²) in [5.74, 6) is 0.727. The van der Waals surface area contributed by atoms with Gasteiger partial charge < -0.3 is 9.16 Å². The van der Waals surface area contributed by atoms with Crippen molar-refractivity contribution in [3.05, 3.63) is 96.6 Å². The van der Waals surface area contributed by atoms with Gasteiger partial charge in [0.2, 0.25) is 0 Å². The molecule has 0 aromatic heterocycles. The van der Waals surface area contributed by atoms with E-state index in [1.807, 2.05) is 23.5 Å². The summed E-state index contributed by atoms with van der Waals surface area (Å²) < 4.78 is 13.4. The molecule has 1 saturated heterocycles. The van der Waals surface area contributed by atoms with Crippen molar-refractivity contribution in [2.45, 2.75) is 60.8 Å². The maximum atomic E-state index is 11.7. The molecule has 0 aliphatic carbocycles. The van der Waals surface area contributed by atoms with E-state index in [1.54, 1.807) is 0 Å². The van der Waals surface area contributed by atoms with Gasteiger partial charge in [0.15, 0.2) is 0 Å². The van der Waals surface area contributed by atoms with Crippen LogP contribution in [0.25, 0.3) is 0 Å². The Kier molecular flexibility index (Phi) is 9.04. The molecule has 1 unspecified atom stereocenters. The van der Waals surface area contributed by atoms with Gasteiger partial charge in [-0.2, -0.15) is 0 Å². The summed E-state index contributed by atoms with van der Waals surface area (Å²) in [6.07, 6.45) is 0.924. The number of carbonyl (C=O) groups excluding carboxylic acids is 1. The molecule has 0 saturated carbocycles. The van der Waals surface area contributed by atoms with E-state index in [0.717, 1.165) is 12.2 Å². The van der Waals surface area contributed by atoms with Gasteiger partial charge in [-0.1, -0.05) is 112 Å². The molecule has 0 bridgehead atoms. The average Bonchev–Trinajstić information content (AvgIpc) is 3.27. The molecular formula is C30H36O3S2Si. The smallest absolute Gasteiger partial charge is 0.302 e. The first-order valence-electron chi connectivity index (χ1n) is 12.5. The second-order valence-corrected chi connectivity index (χ2v) is 17.4. The van der Waals surface area contributed by atoms with E-state index in [-0.39, 0.29) is 22.4 Å². The van der Waals surface area contributed by atoms with Crippen molar-refractivity contribution < 1.29 is 14.0 Å². The fourth-order valence-electron chi connectivity index (χ4n) is 4.94. The van der Waals surface area contributed by atoms with E-state index < -0.39 is 8.32 Å². The van der Waals surface area contributed by atoms with E-state index in [0.29, 0.717) is 11.2 Å². The predicted molar refractivity (Wildman–Crippen MR) is 157 cm³/mol. The zero-order valence-corrected chi connectivity index (χ0v) is 24.2. The van der Waals surface area contributed by atoms with Gasteiger partial charge in [-0.05, 0) is 27.4 Å². The van der Waals surface area contributed by atoms with Crippen LogP contribution in [0, 0.1) is 0 Å². The van der Waals surface area contributed by atoms with Crippen LogP contribution in [0.3, 0.4) is 0 Å². The molecule has 0 spiro atoms. The molecule has 190 valence electrons. The molecule has 3 atom stereocenters. The first-order chi connectivity index (χ1) is 17.3. The summed E-state index contributed by atoms with van der Waals surface area (Å²) in [5.41, 5.74) is 1.33. The summed E-state index contributed by atoms with van der Waals surface area (Å²) in [6.45, 7) is 8.79. The highest BCUT2D eigenvalue weighted by Gasteiger charge is 2.53. The van der Waals surface area contributed by atoms with Gasteiger partial charge in [0, 0.05) is 12.7 Å². The van der Waals surface area contributed by atoms with Crippen molar-refractivity contribution in [3.63, 3.8) is 0 Å². The fourth-order valence-corrected chi connectivity index (χ4v) is 12.8. The van der Waals surface area contributed by atoms with E-state index in [1.165, 1.54) is 22.9 Å². The van der Waals surface area contributed by atoms with Gasteiger partial charge in [-0.25, -0.2) is 0 Å². The second kappa shape index (κ2) is 12.0. The Morgan fingerprint density at radius 1 is 0.917 bits per heavy atom. The van der Waals surface area contributed by atoms with Gasteiger partial charge in [-0.15, -0.1) is 23.5 Å². The monoisotopic (exact) mass is 536 g/mol.